The summed E-state index contributed by atoms with van der Waals surface area (Å²) in [7, 11) is 0. The number of rotatable bonds is 4. The van der Waals surface area contributed by atoms with Crippen molar-refractivity contribution in [2.45, 2.75) is 39.0 Å². The predicted molar refractivity (Wildman–Crippen MR) is 83.3 cm³/mol. The fourth-order valence-electron chi connectivity index (χ4n) is 2.87. The van der Waals surface area contributed by atoms with E-state index < -0.39 is 6.03 Å². The molecular formula is C16H23N3O2. The molecule has 0 heterocycles. The Morgan fingerprint density at radius 2 is 1.95 bits per heavy atom. The summed E-state index contributed by atoms with van der Waals surface area (Å²) in [6.45, 7) is 2.53. The van der Waals surface area contributed by atoms with Crippen molar-refractivity contribution in [1.82, 2.24) is 5.32 Å². The van der Waals surface area contributed by atoms with E-state index in [1.54, 1.807) is 12.1 Å². The van der Waals surface area contributed by atoms with E-state index in [1.165, 1.54) is 32.1 Å². The van der Waals surface area contributed by atoms with Crippen molar-refractivity contribution in [1.29, 1.82) is 0 Å². The Labute approximate surface area is 125 Å². The highest BCUT2D eigenvalue weighted by Crippen LogP contribution is 2.24. The first-order valence-corrected chi connectivity index (χ1v) is 7.52. The van der Waals surface area contributed by atoms with Crippen molar-refractivity contribution in [2.75, 3.05) is 11.9 Å². The summed E-state index contributed by atoms with van der Waals surface area (Å²) in [5.41, 5.74) is 6.94. The van der Waals surface area contributed by atoms with Gasteiger partial charge in [-0.15, -0.1) is 0 Å². The smallest absolute Gasteiger partial charge is 0.316 e. The number of carbonyl (C=O) groups is 2. The van der Waals surface area contributed by atoms with Gasteiger partial charge in [-0.25, -0.2) is 4.79 Å². The Balaban J connectivity index is 2.04. The number of carbonyl (C=O) groups excluding carboxylic acids is 2. The second-order valence-electron chi connectivity index (χ2n) is 5.70. The fraction of sp³-hybridized carbons (Fsp3) is 0.500. The van der Waals surface area contributed by atoms with E-state index in [0.717, 1.165) is 5.56 Å². The molecule has 1 aromatic rings. The van der Waals surface area contributed by atoms with Crippen molar-refractivity contribution >= 4 is 17.6 Å². The zero-order valence-electron chi connectivity index (χ0n) is 12.4. The Kier molecular flexibility index (Phi) is 5.20. The summed E-state index contributed by atoms with van der Waals surface area (Å²) in [6, 6.07) is 4.68. The highest BCUT2D eigenvalue weighted by atomic mass is 16.2. The minimum absolute atomic E-state index is 0.159. The molecule has 5 heteroatoms. The number of anilines is 1. The number of amides is 3. The van der Waals surface area contributed by atoms with Crippen LogP contribution in [0.15, 0.2) is 18.2 Å². The van der Waals surface area contributed by atoms with E-state index in [2.05, 4.69) is 10.6 Å². The molecule has 1 aliphatic carbocycles. The molecule has 1 saturated carbocycles. The Morgan fingerprint density at radius 3 is 2.62 bits per heavy atom. The van der Waals surface area contributed by atoms with Gasteiger partial charge in [0.2, 0.25) is 0 Å². The monoisotopic (exact) mass is 289 g/mol. The van der Waals surface area contributed by atoms with Crippen molar-refractivity contribution in [3.8, 4) is 0 Å². The molecular weight excluding hydrogens is 266 g/mol. The van der Waals surface area contributed by atoms with E-state index in [9.17, 15) is 9.59 Å². The second-order valence-corrected chi connectivity index (χ2v) is 5.70. The summed E-state index contributed by atoms with van der Waals surface area (Å²) in [6.07, 6.45) is 6.16. The zero-order valence-corrected chi connectivity index (χ0v) is 12.4. The molecule has 0 aliphatic heterocycles. The predicted octanol–water partition coefficient (Wildman–Crippen LogP) is 2.80. The third-order valence-electron chi connectivity index (χ3n) is 4.04. The standard InChI is InChI=1S/C16H23N3O2/c1-11-6-5-9-13(14(11)19-16(17)21)15(20)18-10-12-7-3-2-4-8-12/h5-6,9,12H,2-4,7-8,10H2,1H3,(H,18,20)(H3,17,19,21). The lowest BCUT2D eigenvalue weighted by Gasteiger charge is -2.22. The number of benzene rings is 1. The van der Waals surface area contributed by atoms with Gasteiger partial charge in [0.25, 0.3) is 5.91 Å². The third kappa shape index (κ3) is 4.21. The summed E-state index contributed by atoms with van der Waals surface area (Å²) < 4.78 is 0. The fourth-order valence-corrected chi connectivity index (χ4v) is 2.87. The van der Waals surface area contributed by atoms with Gasteiger partial charge in [-0.05, 0) is 37.3 Å². The van der Waals surface area contributed by atoms with Gasteiger partial charge in [-0.2, -0.15) is 0 Å². The average Bonchev–Trinajstić information content (AvgIpc) is 2.47. The van der Waals surface area contributed by atoms with Gasteiger partial charge in [-0.3, -0.25) is 4.79 Å². The van der Waals surface area contributed by atoms with Crippen LogP contribution in [0.3, 0.4) is 0 Å². The first-order chi connectivity index (χ1) is 10.1. The molecule has 4 N–H and O–H groups in total. The Bertz CT molecular complexity index is 522. The maximum absolute atomic E-state index is 12.3. The first kappa shape index (κ1) is 15.4. The SMILES string of the molecule is Cc1cccc(C(=O)NCC2CCCCC2)c1NC(N)=O. The molecule has 1 aromatic carbocycles. The number of para-hydroxylation sites is 1. The number of urea groups is 1. The van der Waals surface area contributed by atoms with Crippen molar-refractivity contribution in [2.24, 2.45) is 11.7 Å². The number of nitrogens with two attached hydrogens (primary N) is 1. The van der Waals surface area contributed by atoms with Crippen molar-refractivity contribution < 1.29 is 9.59 Å². The summed E-state index contributed by atoms with van der Waals surface area (Å²) >= 11 is 0. The highest BCUT2D eigenvalue weighted by Gasteiger charge is 2.17. The first-order valence-electron chi connectivity index (χ1n) is 7.52. The van der Waals surface area contributed by atoms with Gasteiger partial charge >= 0.3 is 6.03 Å². The molecule has 0 unspecified atom stereocenters. The molecule has 0 bridgehead atoms. The minimum atomic E-state index is -0.661. The maximum Gasteiger partial charge on any atom is 0.316 e. The lowest BCUT2D eigenvalue weighted by Crippen LogP contribution is -2.31. The zero-order chi connectivity index (χ0) is 15.2. The van der Waals surface area contributed by atoms with Crippen LogP contribution in [0.2, 0.25) is 0 Å². The third-order valence-corrected chi connectivity index (χ3v) is 4.04. The largest absolute Gasteiger partial charge is 0.352 e. The van der Waals surface area contributed by atoms with Crippen LogP contribution in [0, 0.1) is 12.8 Å². The Morgan fingerprint density at radius 1 is 1.24 bits per heavy atom. The molecule has 114 valence electrons. The van der Waals surface area contributed by atoms with Gasteiger partial charge in [0.15, 0.2) is 0 Å². The van der Waals surface area contributed by atoms with E-state index in [1.807, 2.05) is 13.0 Å². The number of primary amides is 1. The molecule has 1 fully saturated rings. The van der Waals surface area contributed by atoms with Crippen LogP contribution < -0.4 is 16.4 Å². The molecule has 0 aromatic heterocycles. The number of hydrogen-bond donors (Lipinski definition) is 3. The average molecular weight is 289 g/mol. The van der Waals surface area contributed by atoms with E-state index >= 15 is 0 Å². The van der Waals surface area contributed by atoms with Gasteiger partial charge in [0.05, 0.1) is 11.3 Å². The van der Waals surface area contributed by atoms with E-state index in [-0.39, 0.29) is 5.91 Å². The number of hydrogen-bond acceptors (Lipinski definition) is 2. The quantitative estimate of drug-likeness (QED) is 0.796. The summed E-state index contributed by atoms with van der Waals surface area (Å²) in [5, 5.41) is 5.52. The number of aryl methyl sites for hydroxylation is 1. The molecule has 21 heavy (non-hydrogen) atoms. The van der Waals surface area contributed by atoms with Crippen LogP contribution in [-0.2, 0) is 0 Å². The van der Waals surface area contributed by atoms with Crippen LogP contribution in [0.4, 0.5) is 10.5 Å². The number of nitrogens with one attached hydrogen (secondary N) is 2. The van der Waals surface area contributed by atoms with Crippen LogP contribution >= 0.6 is 0 Å². The van der Waals surface area contributed by atoms with E-state index in [0.29, 0.717) is 23.7 Å². The molecule has 0 saturated heterocycles. The molecule has 0 radical (unpaired) electrons. The highest BCUT2D eigenvalue weighted by molar-refractivity contribution is 6.04. The lowest BCUT2D eigenvalue weighted by molar-refractivity contribution is 0.0944. The normalized spacial score (nSPS) is 15.5. The van der Waals surface area contributed by atoms with Crippen molar-refractivity contribution in [3.05, 3.63) is 29.3 Å². The summed E-state index contributed by atoms with van der Waals surface area (Å²) in [5.74, 6) is 0.410. The van der Waals surface area contributed by atoms with Gasteiger partial charge in [0.1, 0.15) is 0 Å². The van der Waals surface area contributed by atoms with Crippen LogP contribution in [0.1, 0.15) is 48.0 Å². The van der Waals surface area contributed by atoms with Crippen molar-refractivity contribution in [3.63, 3.8) is 0 Å². The summed E-state index contributed by atoms with van der Waals surface area (Å²) in [4.78, 5) is 23.4. The van der Waals surface area contributed by atoms with Gasteiger partial charge in [-0.1, -0.05) is 31.4 Å². The molecule has 0 atom stereocenters. The van der Waals surface area contributed by atoms with Crippen LogP contribution in [-0.4, -0.2) is 18.5 Å². The van der Waals surface area contributed by atoms with Crippen LogP contribution in [0.5, 0.6) is 0 Å². The minimum Gasteiger partial charge on any atom is -0.352 e. The molecule has 5 nitrogen and oxygen atoms in total. The maximum atomic E-state index is 12.3. The van der Waals surface area contributed by atoms with Gasteiger partial charge in [0, 0.05) is 6.54 Å². The Hall–Kier alpha value is -2.04. The molecule has 1 aliphatic rings. The second kappa shape index (κ2) is 7.11. The van der Waals surface area contributed by atoms with Crippen LogP contribution in [0.25, 0.3) is 0 Å². The van der Waals surface area contributed by atoms with Gasteiger partial charge < -0.3 is 16.4 Å². The van der Waals surface area contributed by atoms with E-state index in [4.69, 9.17) is 5.73 Å². The lowest BCUT2D eigenvalue weighted by atomic mass is 9.89. The molecule has 2 rings (SSSR count). The topological polar surface area (TPSA) is 84.2 Å². The molecule has 3 amide bonds. The molecule has 0 spiro atoms.